The molecule has 2 aromatic rings. The average molecular weight is 398 g/mol. The summed E-state index contributed by atoms with van der Waals surface area (Å²) in [4.78, 5) is 22.9. The largest absolute Gasteiger partial charge is 0.444 e. The summed E-state index contributed by atoms with van der Waals surface area (Å²) >= 11 is 0. The number of H-pyrrole nitrogens is 1. The van der Waals surface area contributed by atoms with Gasteiger partial charge in [-0.3, -0.25) is 0 Å². The first kappa shape index (κ1) is 20.3. The zero-order valence-corrected chi connectivity index (χ0v) is 16.6. The zero-order valence-electron chi connectivity index (χ0n) is 16.6. The van der Waals surface area contributed by atoms with E-state index in [0.717, 1.165) is 6.20 Å². The first-order valence-electron chi connectivity index (χ1n) is 9.18. The number of nitrogens with one attached hydrogen (secondary N) is 1. The maximum Gasteiger partial charge on any atom is 0.418 e. The minimum absolute atomic E-state index is 0.0553. The number of ether oxygens (including phenoxy) is 1. The molecule has 0 aromatic carbocycles. The molecule has 1 aliphatic rings. The fourth-order valence-corrected chi connectivity index (χ4v) is 3.50. The van der Waals surface area contributed by atoms with Gasteiger partial charge in [-0.1, -0.05) is 0 Å². The topological polar surface area (TPSA) is 61.5 Å². The van der Waals surface area contributed by atoms with E-state index in [1.807, 2.05) is 18.7 Å². The lowest BCUT2D eigenvalue weighted by atomic mass is 10.1. The summed E-state index contributed by atoms with van der Waals surface area (Å²) in [6.07, 6.45) is -2.44. The highest BCUT2D eigenvalue weighted by atomic mass is 19.4. The van der Waals surface area contributed by atoms with E-state index in [4.69, 9.17) is 4.74 Å². The van der Waals surface area contributed by atoms with Crippen LogP contribution in [0, 0.1) is 0 Å². The second kappa shape index (κ2) is 6.86. The molecule has 0 bridgehead atoms. The van der Waals surface area contributed by atoms with Gasteiger partial charge in [0.1, 0.15) is 11.4 Å². The maximum absolute atomic E-state index is 13.5. The van der Waals surface area contributed by atoms with Crippen molar-refractivity contribution >= 4 is 22.8 Å². The molecule has 0 aliphatic carbocycles. The first-order valence-corrected chi connectivity index (χ1v) is 9.18. The van der Waals surface area contributed by atoms with Crippen LogP contribution in [0.5, 0.6) is 0 Å². The Labute approximate surface area is 161 Å². The summed E-state index contributed by atoms with van der Waals surface area (Å²) in [6, 6.07) is 1.06. The molecule has 2 aromatic heterocycles. The van der Waals surface area contributed by atoms with Crippen molar-refractivity contribution in [2.24, 2.45) is 0 Å². The second-order valence-electron chi connectivity index (χ2n) is 8.24. The molecule has 0 unspecified atom stereocenters. The van der Waals surface area contributed by atoms with E-state index in [-0.39, 0.29) is 23.3 Å². The van der Waals surface area contributed by atoms with Gasteiger partial charge in [0.05, 0.1) is 16.5 Å². The van der Waals surface area contributed by atoms with E-state index >= 15 is 0 Å². The third kappa shape index (κ3) is 3.88. The molecular weight excluding hydrogens is 373 g/mol. The number of anilines is 1. The number of rotatable bonds is 1. The van der Waals surface area contributed by atoms with Crippen molar-refractivity contribution < 1.29 is 22.7 Å². The SMILES string of the molecule is C[C@@H]1CN(c2nccc3[nH]cc(C(F)(F)F)c23)[C@@H](C)CN1C(=O)OC(C)(C)C. The molecule has 0 saturated carbocycles. The van der Waals surface area contributed by atoms with Crippen LogP contribution in [0.15, 0.2) is 18.5 Å². The van der Waals surface area contributed by atoms with Crippen LogP contribution in [0.4, 0.5) is 23.8 Å². The smallest absolute Gasteiger partial charge is 0.418 e. The van der Waals surface area contributed by atoms with E-state index in [2.05, 4.69) is 9.97 Å². The van der Waals surface area contributed by atoms with Crippen LogP contribution in [0.3, 0.4) is 0 Å². The Morgan fingerprint density at radius 1 is 1.21 bits per heavy atom. The van der Waals surface area contributed by atoms with Gasteiger partial charge in [-0.25, -0.2) is 9.78 Å². The zero-order chi connectivity index (χ0) is 20.9. The Bertz CT molecular complexity index is 872. The Hall–Kier alpha value is -2.45. The van der Waals surface area contributed by atoms with E-state index in [1.165, 1.54) is 12.3 Å². The van der Waals surface area contributed by atoms with Crippen LogP contribution >= 0.6 is 0 Å². The van der Waals surface area contributed by atoms with Gasteiger partial charge in [0.2, 0.25) is 0 Å². The van der Waals surface area contributed by atoms with Crippen molar-refractivity contribution in [1.82, 2.24) is 14.9 Å². The van der Waals surface area contributed by atoms with Crippen LogP contribution in [-0.2, 0) is 10.9 Å². The Kier molecular flexibility index (Phi) is 4.97. The number of alkyl halides is 3. The standard InChI is InChI=1S/C19H25F3N4O2/c1-11-10-26(17(27)28-18(3,4)5)12(2)9-25(11)16-15-13(19(20,21)22)8-24-14(15)6-7-23-16/h6-8,11-12,24H,9-10H2,1-5H3/t11-,12+/m0/s1. The highest BCUT2D eigenvalue weighted by Gasteiger charge is 2.39. The molecule has 1 amide bonds. The number of hydrogen-bond donors (Lipinski definition) is 1. The molecule has 1 fully saturated rings. The predicted octanol–water partition coefficient (Wildman–Crippen LogP) is 4.42. The van der Waals surface area contributed by atoms with E-state index in [1.54, 1.807) is 25.7 Å². The van der Waals surface area contributed by atoms with Crippen LogP contribution in [0.1, 0.15) is 40.2 Å². The molecular formula is C19H25F3N4O2. The summed E-state index contributed by atoms with van der Waals surface area (Å²) < 4.78 is 45.8. The van der Waals surface area contributed by atoms with Crippen molar-refractivity contribution in [3.8, 4) is 0 Å². The monoisotopic (exact) mass is 398 g/mol. The van der Waals surface area contributed by atoms with Crippen LogP contribution in [0.2, 0.25) is 0 Å². The van der Waals surface area contributed by atoms with Gasteiger partial charge < -0.3 is 19.5 Å². The molecule has 1 saturated heterocycles. The maximum atomic E-state index is 13.5. The number of hydrogen-bond acceptors (Lipinski definition) is 4. The van der Waals surface area contributed by atoms with Gasteiger partial charge in [0, 0.05) is 37.6 Å². The fourth-order valence-electron chi connectivity index (χ4n) is 3.50. The molecule has 9 heteroatoms. The Morgan fingerprint density at radius 3 is 2.50 bits per heavy atom. The molecule has 6 nitrogen and oxygen atoms in total. The number of piperazine rings is 1. The van der Waals surface area contributed by atoms with Crippen LogP contribution < -0.4 is 4.90 Å². The molecule has 2 atom stereocenters. The molecule has 0 radical (unpaired) electrons. The van der Waals surface area contributed by atoms with Crippen LogP contribution in [0.25, 0.3) is 10.9 Å². The summed E-state index contributed by atoms with van der Waals surface area (Å²) in [5, 5.41) is 0.0553. The van der Waals surface area contributed by atoms with Gasteiger partial charge in [-0.2, -0.15) is 13.2 Å². The second-order valence-corrected chi connectivity index (χ2v) is 8.24. The van der Waals surface area contributed by atoms with Crippen molar-refractivity contribution in [3.05, 3.63) is 24.0 Å². The van der Waals surface area contributed by atoms with Gasteiger partial charge in [-0.05, 0) is 40.7 Å². The quantitative estimate of drug-likeness (QED) is 0.773. The minimum Gasteiger partial charge on any atom is -0.444 e. The molecule has 3 rings (SSSR count). The molecule has 28 heavy (non-hydrogen) atoms. The van der Waals surface area contributed by atoms with Crippen molar-refractivity contribution in [1.29, 1.82) is 0 Å². The highest BCUT2D eigenvalue weighted by Crippen LogP contribution is 2.39. The number of halogens is 3. The third-order valence-corrected chi connectivity index (χ3v) is 4.76. The van der Waals surface area contributed by atoms with Crippen molar-refractivity contribution in [2.45, 2.75) is 58.5 Å². The predicted molar refractivity (Wildman–Crippen MR) is 100 cm³/mol. The van der Waals surface area contributed by atoms with Crippen molar-refractivity contribution in [3.63, 3.8) is 0 Å². The molecule has 154 valence electrons. The van der Waals surface area contributed by atoms with Crippen LogP contribution in [-0.4, -0.2) is 51.7 Å². The molecule has 1 aliphatic heterocycles. The third-order valence-electron chi connectivity index (χ3n) is 4.76. The number of carbonyl (C=O) groups is 1. The van der Waals surface area contributed by atoms with E-state index < -0.39 is 23.4 Å². The van der Waals surface area contributed by atoms with E-state index in [9.17, 15) is 18.0 Å². The average Bonchev–Trinajstić information content (AvgIpc) is 2.99. The summed E-state index contributed by atoms with van der Waals surface area (Å²) in [5.74, 6) is 0.272. The molecule has 3 heterocycles. The summed E-state index contributed by atoms with van der Waals surface area (Å²) in [7, 11) is 0. The molecule has 1 N–H and O–H groups in total. The number of aromatic amines is 1. The highest BCUT2D eigenvalue weighted by molar-refractivity contribution is 5.94. The number of fused-ring (bicyclic) bond motifs is 1. The van der Waals surface area contributed by atoms with E-state index in [0.29, 0.717) is 18.6 Å². The number of amides is 1. The number of carbonyl (C=O) groups excluding carboxylic acids is 1. The summed E-state index contributed by atoms with van der Waals surface area (Å²) in [5.41, 5.74) is -0.969. The number of nitrogens with zero attached hydrogens (tertiary/aromatic N) is 3. The molecule has 0 spiro atoms. The van der Waals surface area contributed by atoms with Gasteiger partial charge in [0.25, 0.3) is 0 Å². The van der Waals surface area contributed by atoms with Gasteiger partial charge in [0.15, 0.2) is 0 Å². The summed E-state index contributed by atoms with van der Waals surface area (Å²) in [6.45, 7) is 9.79. The van der Waals surface area contributed by atoms with Gasteiger partial charge >= 0.3 is 12.3 Å². The normalized spacial score (nSPS) is 21.3. The number of aromatic nitrogens is 2. The Morgan fingerprint density at radius 2 is 1.89 bits per heavy atom. The first-order chi connectivity index (χ1) is 12.9. The van der Waals surface area contributed by atoms with Gasteiger partial charge in [-0.15, -0.1) is 0 Å². The lowest BCUT2D eigenvalue weighted by Crippen LogP contribution is -2.59. The fraction of sp³-hybridized carbons (Fsp3) is 0.579. The minimum atomic E-state index is -4.48. The number of pyridine rings is 1. The Balaban J connectivity index is 1.92. The lowest BCUT2D eigenvalue weighted by molar-refractivity contribution is -0.136. The van der Waals surface area contributed by atoms with Crippen molar-refractivity contribution in [2.75, 3.05) is 18.0 Å². The lowest BCUT2D eigenvalue weighted by Gasteiger charge is -2.44.